The number of nitro groups is 1. The first-order chi connectivity index (χ1) is 15.5. The van der Waals surface area contributed by atoms with Crippen LogP contribution in [0.25, 0.3) is 0 Å². The molecule has 166 valence electrons. The van der Waals surface area contributed by atoms with Gasteiger partial charge in [-0.3, -0.25) is 10.1 Å². The maximum absolute atomic E-state index is 12.0. The topological polar surface area (TPSA) is 84.6 Å². The fourth-order valence-corrected chi connectivity index (χ4v) is 3.96. The third kappa shape index (κ3) is 4.34. The summed E-state index contributed by atoms with van der Waals surface area (Å²) in [5.74, 6) is 0.765. The zero-order valence-corrected chi connectivity index (χ0v) is 18.6. The summed E-state index contributed by atoms with van der Waals surface area (Å²) in [6.45, 7) is 9.04. The van der Waals surface area contributed by atoms with Crippen molar-refractivity contribution in [2.24, 2.45) is 0 Å². The van der Waals surface area contributed by atoms with Crippen LogP contribution in [-0.2, 0) is 6.42 Å². The van der Waals surface area contributed by atoms with Crippen molar-refractivity contribution < 1.29 is 9.66 Å². The van der Waals surface area contributed by atoms with Crippen LogP contribution >= 0.6 is 0 Å². The predicted molar refractivity (Wildman–Crippen MR) is 125 cm³/mol. The standard InChI is InChI=1S/C24H27N5O3/c1-4-19-8-10-20(11-9-19)32-24-22(29(30)31)23(25-16-26-24)28-14-12-27(13-15-28)21-7-5-6-17(2)18(21)3/h5-11,16H,4,12-15H2,1-3H3. The van der Waals surface area contributed by atoms with E-state index in [1.54, 1.807) is 12.1 Å². The minimum atomic E-state index is -0.456. The first-order valence-corrected chi connectivity index (χ1v) is 10.8. The van der Waals surface area contributed by atoms with Crippen LogP contribution in [0.1, 0.15) is 23.6 Å². The van der Waals surface area contributed by atoms with Gasteiger partial charge in [0.25, 0.3) is 0 Å². The van der Waals surface area contributed by atoms with E-state index in [4.69, 9.17) is 4.74 Å². The van der Waals surface area contributed by atoms with E-state index in [2.05, 4.69) is 53.8 Å². The molecule has 4 rings (SSSR count). The van der Waals surface area contributed by atoms with Crippen LogP contribution in [0.4, 0.5) is 17.2 Å². The number of benzene rings is 2. The van der Waals surface area contributed by atoms with E-state index in [9.17, 15) is 10.1 Å². The number of aryl methyl sites for hydroxylation is 2. The molecule has 0 bridgehead atoms. The highest BCUT2D eigenvalue weighted by Crippen LogP contribution is 2.37. The van der Waals surface area contributed by atoms with Gasteiger partial charge < -0.3 is 14.5 Å². The van der Waals surface area contributed by atoms with Crippen LogP contribution < -0.4 is 14.5 Å². The second-order valence-corrected chi connectivity index (χ2v) is 7.90. The summed E-state index contributed by atoms with van der Waals surface area (Å²) in [5, 5.41) is 12.0. The number of hydrogen-bond donors (Lipinski definition) is 0. The molecule has 1 aliphatic rings. The van der Waals surface area contributed by atoms with E-state index in [1.165, 1.54) is 23.1 Å². The lowest BCUT2D eigenvalue weighted by molar-refractivity contribution is -0.385. The number of aromatic nitrogens is 2. The highest BCUT2D eigenvalue weighted by atomic mass is 16.6. The van der Waals surface area contributed by atoms with Gasteiger partial charge in [0.05, 0.1) is 4.92 Å². The second kappa shape index (κ2) is 9.21. The maximum Gasteiger partial charge on any atom is 0.373 e. The van der Waals surface area contributed by atoms with Crippen LogP contribution in [-0.4, -0.2) is 41.1 Å². The molecule has 8 nitrogen and oxygen atoms in total. The lowest BCUT2D eigenvalue weighted by Crippen LogP contribution is -2.47. The highest BCUT2D eigenvalue weighted by Gasteiger charge is 2.31. The number of anilines is 2. The monoisotopic (exact) mass is 433 g/mol. The van der Waals surface area contributed by atoms with E-state index < -0.39 is 4.92 Å². The van der Waals surface area contributed by atoms with Gasteiger partial charge in [-0.1, -0.05) is 31.2 Å². The zero-order valence-electron chi connectivity index (χ0n) is 18.6. The van der Waals surface area contributed by atoms with Gasteiger partial charge in [0.2, 0.25) is 5.82 Å². The Bertz CT molecular complexity index is 1110. The van der Waals surface area contributed by atoms with E-state index in [0.29, 0.717) is 24.7 Å². The Balaban J connectivity index is 1.55. The molecular weight excluding hydrogens is 406 g/mol. The van der Waals surface area contributed by atoms with Gasteiger partial charge in [-0.25, -0.2) is 4.98 Å². The second-order valence-electron chi connectivity index (χ2n) is 7.90. The molecule has 1 aliphatic heterocycles. The van der Waals surface area contributed by atoms with Crippen molar-refractivity contribution in [1.82, 2.24) is 9.97 Å². The maximum atomic E-state index is 12.0. The summed E-state index contributed by atoms with van der Waals surface area (Å²) in [5.41, 5.74) is 4.69. The Labute approximate surface area is 187 Å². The lowest BCUT2D eigenvalue weighted by Gasteiger charge is -2.37. The van der Waals surface area contributed by atoms with Crippen molar-refractivity contribution in [3.8, 4) is 11.6 Å². The number of ether oxygens (including phenoxy) is 1. The quantitative estimate of drug-likeness (QED) is 0.412. The summed E-state index contributed by atoms with van der Waals surface area (Å²) in [7, 11) is 0. The Morgan fingerprint density at radius 2 is 1.69 bits per heavy atom. The van der Waals surface area contributed by atoms with Crippen LogP contribution in [0.5, 0.6) is 11.6 Å². The van der Waals surface area contributed by atoms with Gasteiger partial charge in [-0.05, 0) is 55.2 Å². The largest absolute Gasteiger partial charge is 0.434 e. The Morgan fingerprint density at radius 1 is 1.00 bits per heavy atom. The smallest absolute Gasteiger partial charge is 0.373 e. The average Bonchev–Trinajstić information content (AvgIpc) is 2.81. The first kappa shape index (κ1) is 21.5. The molecule has 0 aliphatic carbocycles. The summed E-state index contributed by atoms with van der Waals surface area (Å²) in [4.78, 5) is 24.1. The summed E-state index contributed by atoms with van der Waals surface area (Å²) < 4.78 is 5.79. The van der Waals surface area contributed by atoms with Crippen molar-refractivity contribution in [3.05, 3.63) is 75.6 Å². The van der Waals surface area contributed by atoms with E-state index in [1.807, 2.05) is 17.0 Å². The third-order valence-electron chi connectivity index (χ3n) is 5.99. The molecule has 1 fully saturated rings. The highest BCUT2D eigenvalue weighted by molar-refractivity contribution is 5.65. The van der Waals surface area contributed by atoms with Crippen molar-refractivity contribution in [1.29, 1.82) is 0 Å². The van der Waals surface area contributed by atoms with Gasteiger partial charge in [0.15, 0.2) is 0 Å². The van der Waals surface area contributed by atoms with Gasteiger partial charge >= 0.3 is 11.6 Å². The van der Waals surface area contributed by atoms with Crippen LogP contribution in [0.3, 0.4) is 0 Å². The summed E-state index contributed by atoms with van der Waals surface area (Å²) >= 11 is 0. The fraction of sp³-hybridized carbons (Fsp3) is 0.333. The Hall–Kier alpha value is -3.68. The van der Waals surface area contributed by atoms with Crippen LogP contribution in [0.2, 0.25) is 0 Å². The van der Waals surface area contributed by atoms with E-state index >= 15 is 0 Å². The van der Waals surface area contributed by atoms with Crippen molar-refractivity contribution in [3.63, 3.8) is 0 Å². The van der Waals surface area contributed by atoms with E-state index in [0.717, 1.165) is 25.1 Å². The molecule has 0 radical (unpaired) electrons. The molecule has 1 saturated heterocycles. The number of rotatable bonds is 6. The van der Waals surface area contributed by atoms with Crippen LogP contribution in [0, 0.1) is 24.0 Å². The van der Waals surface area contributed by atoms with Gasteiger partial charge in [-0.15, -0.1) is 0 Å². The van der Waals surface area contributed by atoms with Gasteiger partial charge in [0, 0.05) is 31.9 Å². The molecule has 1 aromatic heterocycles. The normalized spacial score (nSPS) is 13.8. The number of piperazine rings is 1. The van der Waals surface area contributed by atoms with E-state index in [-0.39, 0.29) is 11.6 Å². The molecule has 2 aromatic carbocycles. The molecule has 2 heterocycles. The molecule has 0 saturated carbocycles. The third-order valence-corrected chi connectivity index (χ3v) is 5.99. The van der Waals surface area contributed by atoms with Crippen molar-refractivity contribution in [2.75, 3.05) is 36.0 Å². The Morgan fingerprint density at radius 3 is 2.34 bits per heavy atom. The van der Waals surface area contributed by atoms with Gasteiger partial charge in [-0.2, -0.15) is 4.98 Å². The molecule has 0 atom stereocenters. The molecule has 32 heavy (non-hydrogen) atoms. The minimum absolute atomic E-state index is 0.0405. The first-order valence-electron chi connectivity index (χ1n) is 10.8. The molecule has 0 unspecified atom stereocenters. The minimum Gasteiger partial charge on any atom is -0.434 e. The van der Waals surface area contributed by atoms with Gasteiger partial charge in [0.1, 0.15) is 12.1 Å². The lowest BCUT2D eigenvalue weighted by atomic mass is 10.1. The SMILES string of the molecule is CCc1ccc(Oc2ncnc(N3CCN(c4cccc(C)c4C)CC3)c2[N+](=O)[O-])cc1. The number of nitrogens with zero attached hydrogens (tertiary/aromatic N) is 5. The molecular formula is C24H27N5O3. The van der Waals surface area contributed by atoms with Crippen molar-refractivity contribution >= 4 is 17.2 Å². The summed E-state index contributed by atoms with van der Waals surface area (Å²) in [6.07, 6.45) is 2.24. The molecule has 8 heteroatoms. The average molecular weight is 434 g/mol. The van der Waals surface area contributed by atoms with Crippen LogP contribution in [0.15, 0.2) is 48.8 Å². The predicted octanol–water partition coefficient (Wildman–Crippen LogP) is 4.68. The molecule has 0 N–H and O–H groups in total. The summed E-state index contributed by atoms with van der Waals surface area (Å²) in [6, 6.07) is 13.8. The fourth-order valence-electron chi connectivity index (χ4n) is 3.96. The molecule has 3 aromatic rings. The Kier molecular flexibility index (Phi) is 6.20. The molecule has 0 spiro atoms. The zero-order chi connectivity index (χ0) is 22.7. The van der Waals surface area contributed by atoms with Crippen molar-refractivity contribution in [2.45, 2.75) is 27.2 Å². The number of hydrogen-bond acceptors (Lipinski definition) is 7. The molecule has 0 amide bonds.